The molecular formula is C17H24N2O5. The first-order valence-electron chi connectivity index (χ1n) is 9.00. The standard InChI is InChI=1S/C17H24N2O5/c20-13-10-12(17(23-13)4-2-1-3-5-17)14(21)19-8-6-16(7-9-19)11-18-15(22)24-16/h12H,1-11H2,(H,18,22)/t12-/m1/s1. The maximum atomic E-state index is 13.1. The minimum absolute atomic E-state index is 0.0369. The Bertz CT molecular complexity index is 561. The van der Waals surface area contributed by atoms with Gasteiger partial charge in [0, 0.05) is 25.9 Å². The molecule has 0 aromatic carbocycles. The molecule has 0 bridgehead atoms. The molecule has 1 N–H and O–H groups in total. The van der Waals surface area contributed by atoms with Gasteiger partial charge in [-0.2, -0.15) is 0 Å². The van der Waals surface area contributed by atoms with Crippen molar-refractivity contribution in [1.29, 1.82) is 0 Å². The summed E-state index contributed by atoms with van der Waals surface area (Å²) in [5, 5.41) is 2.70. The second kappa shape index (κ2) is 5.63. The summed E-state index contributed by atoms with van der Waals surface area (Å²) in [7, 11) is 0. The molecule has 4 rings (SSSR count). The van der Waals surface area contributed by atoms with E-state index in [0.29, 0.717) is 32.5 Å². The molecule has 4 aliphatic rings. The number of ether oxygens (including phenoxy) is 2. The van der Waals surface area contributed by atoms with Gasteiger partial charge in [0.05, 0.1) is 18.9 Å². The van der Waals surface area contributed by atoms with Crippen molar-refractivity contribution in [2.45, 2.75) is 62.6 Å². The molecule has 7 nitrogen and oxygen atoms in total. The van der Waals surface area contributed by atoms with Gasteiger partial charge in [0.1, 0.15) is 11.2 Å². The molecule has 3 heterocycles. The summed E-state index contributed by atoms with van der Waals surface area (Å²) in [6, 6.07) is 0. The highest BCUT2D eigenvalue weighted by Gasteiger charge is 2.54. The van der Waals surface area contributed by atoms with Crippen LogP contribution in [0.25, 0.3) is 0 Å². The molecule has 0 aromatic rings. The first-order valence-corrected chi connectivity index (χ1v) is 9.00. The molecule has 0 unspecified atom stereocenters. The number of carbonyl (C=O) groups is 3. The fraction of sp³-hybridized carbons (Fsp3) is 0.824. The van der Waals surface area contributed by atoms with E-state index in [0.717, 1.165) is 32.1 Å². The summed E-state index contributed by atoms with van der Waals surface area (Å²) in [6.45, 7) is 1.64. The van der Waals surface area contributed by atoms with Crippen LogP contribution in [0.4, 0.5) is 4.79 Å². The van der Waals surface area contributed by atoms with Gasteiger partial charge in [-0.3, -0.25) is 9.59 Å². The zero-order valence-corrected chi connectivity index (χ0v) is 13.8. The van der Waals surface area contributed by atoms with Crippen LogP contribution in [0.2, 0.25) is 0 Å². The van der Waals surface area contributed by atoms with E-state index in [4.69, 9.17) is 9.47 Å². The van der Waals surface area contributed by atoms with Gasteiger partial charge in [-0.25, -0.2) is 4.79 Å². The van der Waals surface area contributed by atoms with Gasteiger partial charge in [0.15, 0.2) is 0 Å². The monoisotopic (exact) mass is 336 g/mol. The first kappa shape index (κ1) is 15.7. The Morgan fingerprint density at radius 3 is 2.38 bits per heavy atom. The molecule has 3 saturated heterocycles. The molecule has 1 saturated carbocycles. The molecule has 4 fully saturated rings. The van der Waals surface area contributed by atoms with Crippen LogP contribution in [-0.2, 0) is 19.1 Å². The van der Waals surface area contributed by atoms with Gasteiger partial charge in [-0.1, -0.05) is 6.42 Å². The minimum atomic E-state index is -0.567. The molecule has 0 radical (unpaired) electrons. The smallest absolute Gasteiger partial charge is 0.407 e. The number of carbonyl (C=O) groups excluding carboxylic acids is 3. The largest absolute Gasteiger partial charge is 0.458 e. The molecule has 24 heavy (non-hydrogen) atoms. The normalized spacial score (nSPS) is 31.0. The van der Waals surface area contributed by atoms with E-state index in [1.807, 2.05) is 4.90 Å². The Hall–Kier alpha value is -1.79. The number of hydrogen-bond donors (Lipinski definition) is 1. The van der Waals surface area contributed by atoms with Crippen molar-refractivity contribution >= 4 is 18.0 Å². The quantitative estimate of drug-likeness (QED) is 0.731. The first-order chi connectivity index (χ1) is 11.5. The van der Waals surface area contributed by atoms with Crippen molar-refractivity contribution in [3.8, 4) is 0 Å². The Kier molecular flexibility index (Phi) is 3.69. The van der Waals surface area contributed by atoms with Gasteiger partial charge >= 0.3 is 12.1 Å². The maximum absolute atomic E-state index is 13.1. The number of esters is 1. The van der Waals surface area contributed by atoms with Crippen molar-refractivity contribution < 1.29 is 23.9 Å². The number of hydrogen-bond acceptors (Lipinski definition) is 5. The summed E-state index contributed by atoms with van der Waals surface area (Å²) in [5.41, 5.74) is -1.03. The molecule has 132 valence electrons. The molecule has 2 amide bonds. The van der Waals surface area contributed by atoms with Crippen LogP contribution in [-0.4, -0.2) is 53.7 Å². The number of likely N-dealkylation sites (tertiary alicyclic amines) is 1. The third-order valence-electron chi connectivity index (χ3n) is 6.17. The highest BCUT2D eigenvalue weighted by atomic mass is 16.6. The summed E-state index contributed by atoms with van der Waals surface area (Å²) in [5.74, 6) is -0.545. The van der Waals surface area contributed by atoms with E-state index in [-0.39, 0.29) is 30.3 Å². The van der Waals surface area contributed by atoms with E-state index < -0.39 is 11.2 Å². The van der Waals surface area contributed by atoms with E-state index in [1.54, 1.807) is 0 Å². The fourth-order valence-electron chi connectivity index (χ4n) is 4.74. The average Bonchev–Trinajstić information content (AvgIpc) is 3.09. The lowest BCUT2D eigenvalue weighted by Gasteiger charge is -2.41. The fourth-order valence-corrected chi connectivity index (χ4v) is 4.74. The van der Waals surface area contributed by atoms with Crippen LogP contribution in [0, 0.1) is 5.92 Å². The highest BCUT2D eigenvalue weighted by molar-refractivity contribution is 5.88. The van der Waals surface area contributed by atoms with Crippen molar-refractivity contribution in [2.24, 2.45) is 5.92 Å². The maximum Gasteiger partial charge on any atom is 0.407 e. The van der Waals surface area contributed by atoms with E-state index in [1.165, 1.54) is 0 Å². The molecule has 0 aromatic heterocycles. The van der Waals surface area contributed by atoms with Gasteiger partial charge in [-0.05, 0) is 25.7 Å². The van der Waals surface area contributed by atoms with Crippen LogP contribution < -0.4 is 5.32 Å². The minimum Gasteiger partial charge on any atom is -0.458 e. The predicted octanol–water partition coefficient (Wildman–Crippen LogP) is 1.35. The Labute approximate surface area is 141 Å². The average molecular weight is 336 g/mol. The van der Waals surface area contributed by atoms with Gasteiger partial charge in [0.25, 0.3) is 0 Å². The van der Waals surface area contributed by atoms with Gasteiger partial charge in [0.2, 0.25) is 5.91 Å². The Balaban J connectivity index is 1.44. The van der Waals surface area contributed by atoms with Crippen LogP contribution in [0.1, 0.15) is 51.4 Å². The molecule has 7 heteroatoms. The predicted molar refractivity (Wildman–Crippen MR) is 83.0 cm³/mol. The SMILES string of the molecule is O=C1C[C@H](C(=O)N2CCC3(CC2)CNC(=O)O3)C2(CCCCC2)O1. The Morgan fingerprint density at radius 1 is 1.04 bits per heavy atom. The van der Waals surface area contributed by atoms with Crippen LogP contribution in [0.15, 0.2) is 0 Å². The van der Waals surface area contributed by atoms with Gasteiger partial charge < -0.3 is 19.7 Å². The summed E-state index contributed by atoms with van der Waals surface area (Å²) in [6.07, 6.45) is 5.90. The number of amides is 2. The topological polar surface area (TPSA) is 84.9 Å². The number of piperidine rings is 1. The summed E-state index contributed by atoms with van der Waals surface area (Å²) < 4.78 is 11.1. The zero-order valence-electron chi connectivity index (χ0n) is 13.8. The zero-order chi connectivity index (χ0) is 16.8. The number of rotatable bonds is 1. The van der Waals surface area contributed by atoms with E-state index in [2.05, 4.69) is 5.32 Å². The van der Waals surface area contributed by atoms with Crippen LogP contribution in [0.5, 0.6) is 0 Å². The number of alkyl carbamates (subject to hydrolysis) is 1. The lowest BCUT2D eigenvalue weighted by molar-refractivity contribution is -0.156. The number of nitrogens with one attached hydrogen (secondary N) is 1. The lowest BCUT2D eigenvalue weighted by atomic mass is 9.75. The molecule has 1 atom stereocenters. The van der Waals surface area contributed by atoms with E-state index in [9.17, 15) is 14.4 Å². The number of nitrogens with zero attached hydrogens (tertiary/aromatic N) is 1. The third kappa shape index (κ3) is 2.54. The van der Waals surface area contributed by atoms with Crippen molar-refractivity contribution in [3.63, 3.8) is 0 Å². The summed E-state index contributed by atoms with van der Waals surface area (Å²) in [4.78, 5) is 38.1. The molecule has 3 aliphatic heterocycles. The second-order valence-electron chi connectivity index (χ2n) is 7.61. The molecule has 1 aliphatic carbocycles. The summed E-state index contributed by atoms with van der Waals surface area (Å²) >= 11 is 0. The molecule has 2 spiro atoms. The van der Waals surface area contributed by atoms with E-state index >= 15 is 0 Å². The Morgan fingerprint density at radius 2 is 1.75 bits per heavy atom. The van der Waals surface area contributed by atoms with Crippen LogP contribution in [0.3, 0.4) is 0 Å². The van der Waals surface area contributed by atoms with Crippen molar-refractivity contribution in [2.75, 3.05) is 19.6 Å². The third-order valence-corrected chi connectivity index (χ3v) is 6.17. The molecular weight excluding hydrogens is 312 g/mol. The van der Waals surface area contributed by atoms with Gasteiger partial charge in [-0.15, -0.1) is 0 Å². The van der Waals surface area contributed by atoms with Crippen molar-refractivity contribution in [3.05, 3.63) is 0 Å². The second-order valence-corrected chi connectivity index (χ2v) is 7.61. The van der Waals surface area contributed by atoms with Crippen LogP contribution >= 0.6 is 0 Å². The lowest BCUT2D eigenvalue weighted by Crippen LogP contribution is -2.53. The van der Waals surface area contributed by atoms with Crippen molar-refractivity contribution in [1.82, 2.24) is 10.2 Å². The highest BCUT2D eigenvalue weighted by Crippen LogP contribution is 2.45.